The second kappa shape index (κ2) is 5.53. The largest absolute Gasteiger partial charge is 0.417 e. The van der Waals surface area contributed by atoms with E-state index in [4.69, 9.17) is 4.42 Å². The lowest BCUT2D eigenvalue weighted by molar-refractivity contribution is 0.173. The summed E-state index contributed by atoms with van der Waals surface area (Å²) in [6.07, 6.45) is 1.98. The van der Waals surface area contributed by atoms with Gasteiger partial charge in [0.1, 0.15) is 6.61 Å². The van der Waals surface area contributed by atoms with Gasteiger partial charge in [-0.25, -0.2) is 4.79 Å². The van der Waals surface area contributed by atoms with E-state index >= 15 is 0 Å². The van der Waals surface area contributed by atoms with Crippen molar-refractivity contribution in [2.75, 3.05) is 6.61 Å². The Balaban J connectivity index is 0.000000169. The highest BCUT2D eigenvalue weighted by Gasteiger charge is 2.00. The molecule has 1 aliphatic rings. The molecule has 0 amide bonds. The summed E-state index contributed by atoms with van der Waals surface area (Å²) in [4.78, 5) is 18.0. The zero-order valence-corrected chi connectivity index (χ0v) is 10.5. The Kier molecular flexibility index (Phi) is 3.82. The first kappa shape index (κ1) is 12.4. The summed E-state index contributed by atoms with van der Waals surface area (Å²) in [6, 6.07) is 5.70. The molecule has 0 saturated carbocycles. The number of rotatable bonds is 1. The van der Waals surface area contributed by atoms with Gasteiger partial charge in [-0.15, -0.1) is 0 Å². The van der Waals surface area contributed by atoms with Crippen molar-refractivity contribution in [2.24, 2.45) is 5.16 Å². The highest BCUT2D eigenvalue weighted by molar-refractivity contribution is 5.82. The number of aromatic amines is 1. The zero-order valence-electron chi connectivity index (χ0n) is 10.5. The minimum atomic E-state index is -0.391. The molecular weight excluding hydrogens is 232 g/mol. The summed E-state index contributed by atoms with van der Waals surface area (Å²) >= 11 is 0. The van der Waals surface area contributed by atoms with Gasteiger partial charge in [-0.1, -0.05) is 18.1 Å². The number of aryl methyl sites for hydroxylation is 1. The third kappa shape index (κ3) is 3.00. The van der Waals surface area contributed by atoms with Gasteiger partial charge in [0.25, 0.3) is 0 Å². The Morgan fingerprint density at radius 3 is 2.83 bits per heavy atom. The van der Waals surface area contributed by atoms with E-state index in [9.17, 15) is 4.79 Å². The van der Waals surface area contributed by atoms with Crippen LogP contribution in [0.3, 0.4) is 0 Å². The quantitative estimate of drug-likeness (QED) is 0.842. The van der Waals surface area contributed by atoms with Crippen LogP contribution < -0.4 is 5.76 Å². The summed E-state index contributed by atoms with van der Waals surface area (Å²) in [6.45, 7) is 4.82. The number of nitrogens with zero attached hydrogens (tertiary/aromatic N) is 1. The summed E-state index contributed by atoms with van der Waals surface area (Å²) in [5.74, 6) is -0.391. The number of hydrogen-bond acceptors (Lipinski definition) is 4. The molecule has 0 atom stereocenters. The summed E-state index contributed by atoms with van der Waals surface area (Å²) < 4.78 is 4.86. The van der Waals surface area contributed by atoms with Crippen molar-refractivity contribution in [3.8, 4) is 0 Å². The molecule has 0 bridgehead atoms. The molecule has 96 valence electrons. The van der Waals surface area contributed by atoms with Crippen molar-refractivity contribution in [2.45, 2.75) is 26.7 Å². The average molecular weight is 248 g/mol. The number of hydrogen-bond donors (Lipinski definition) is 1. The topological polar surface area (TPSA) is 67.6 Å². The fraction of sp³-hybridized carbons (Fsp3) is 0.385. The number of H-pyrrole nitrogens is 1. The second-order valence-electron chi connectivity index (χ2n) is 4.11. The third-order valence-electron chi connectivity index (χ3n) is 2.67. The smallest absolute Gasteiger partial charge is 0.408 e. The molecule has 5 nitrogen and oxygen atoms in total. The number of fused-ring (bicyclic) bond motifs is 1. The van der Waals surface area contributed by atoms with E-state index in [0.717, 1.165) is 30.7 Å². The average Bonchev–Trinajstić information content (AvgIpc) is 2.96. The van der Waals surface area contributed by atoms with E-state index in [2.05, 4.69) is 21.9 Å². The van der Waals surface area contributed by atoms with E-state index in [1.165, 1.54) is 5.56 Å². The van der Waals surface area contributed by atoms with Crippen molar-refractivity contribution < 1.29 is 9.25 Å². The lowest BCUT2D eigenvalue weighted by atomic mass is 10.1. The number of aromatic nitrogens is 1. The lowest BCUT2D eigenvalue weighted by Crippen LogP contribution is -1.92. The van der Waals surface area contributed by atoms with Crippen LogP contribution in [0.25, 0.3) is 11.1 Å². The Morgan fingerprint density at radius 2 is 2.28 bits per heavy atom. The molecule has 0 unspecified atom stereocenters. The highest BCUT2D eigenvalue weighted by atomic mass is 16.6. The van der Waals surface area contributed by atoms with Crippen molar-refractivity contribution >= 4 is 16.8 Å². The minimum absolute atomic E-state index is 0.391. The molecule has 0 spiro atoms. The van der Waals surface area contributed by atoms with Crippen LogP contribution in [0.1, 0.15) is 25.8 Å². The molecule has 1 aromatic carbocycles. The van der Waals surface area contributed by atoms with Gasteiger partial charge < -0.3 is 9.25 Å². The maximum Gasteiger partial charge on any atom is 0.417 e. The molecule has 0 radical (unpaired) electrons. The number of benzene rings is 1. The van der Waals surface area contributed by atoms with Gasteiger partial charge in [0.05, 0.1) is 11.2 Å². The third-order valence-corrected chi connectivity index (χ3v) is 2.67. The fourth-order valence-corrected chi connectivity index (χ4v) is 1.61. The molecule has 1 aliphatic heterocycles. The van der Waals surface area contributed by atoms with Gasteiger partial charge in [-0.3, -0.25) is 4.98 Å². The maximum absolute atomic E-state index is 10.8. The van der Waals surface area contributed by atoms with Gasteiger partial charge in [0.15, 0.2) is 5.58 Å². The summed E-state index contributed by atoms with van der Waals surface area (Å²) in [5, 5.41) is 3.65. The van der Waals surface area contributed by atoms with Gasteiger partial charge in [-0.2, -0.15) is 0 Å². The van der Waals surface area contributed by atoms with Crippen LogP contribution in [-0.2, 0) is 11.3 Å². The van der Waals surface area contributed by atoms with Crippen molar-refractivity contribution in [3.63, 3.8) is 0 Å². The van der Waals surface area contributed by atoms with Gasteiger partial charge >= 0.3 is 5.76 Å². The van der Waals surface area contributed by atoms with E-state index < -0.39 is 5.76 Å². The molecule has 2 heterocycles. The predicted molar refractivity (Wildman–Crippen MR) is 69.9 cm³/mol. The fourth-order valence-electron chi connectivity index (χ4n) is 1.61. The standard InChI is InChI=1S/C9H9NO2.C4H7NO/c1-2-6-3-4-8-7(5-6)10-9(11)12-8;1-4-2-3-6-5-4/h3-5H,2H2,1H3,(H,10,11);2-3H2,1H3. The first-order valence-corrected chi connectivity index (χ1v) is 5.96. The van der Waals surface area contributed by atoms with Crippen molar-refractivity contribution in [1.82, 2.24) is 4.98 Å². The monoisotopic (exact) mass is 248 g/mol. The van der Waals surface area contributed by atoms with E-state index in [-0.39, 0.29) is 0 Å². The van der Waals surface area contributed by atoms with Crippen molar-refractivity contribution in [1.29, 1.82) is 0 Å². The Labute approximate surface area is 104 Å². The molecular formula is C13H16N2O3. The van der Waals surface area contributed by atoms with Crippen LogP contribution in [0.4, 0.5) is 0 Å². The molecule has 18 heavy (non-hydrogen) atoms. The molecule has 5 heteroatoms. The van der Waals surface area contributed by atoms with Crippen molar-refractivity contribution in [3.05, 3.63) is 34.3 Å². The number of oxime groups is 1. The normalized spacial score (nSPS) is 13.8. The Morgan fingerprint density at radius 1 is 1.44 bits per heavy atom. The minimum Gasteiger partial charge on any atom is -0.408 e. The van der Waals surface area contributed by atoms with Crippen LogP contribution >= 0.6 is 0 Å². The summed E-state index contributed by atoms with van der Waals surface area (Å²) in [5.41, 5.74) is 3.70. The van der Waals surface area contributed by atoms with E-state index in [1.807, 2.05) is 25.1 Å². The van der Waals surface area contributed by atoms with Gasteiger partial charge in [0, 0.05) is 6.42 Å². The predicted octanol–water partition coefficient (Wildman–Crippen LogP) is 2.47. The van der Waals surface area contributed by atoms with Crippen LogP contribution in [-0.4, -0.2) is 17.3 Å². The maximum atomic E-state index is 10.8. The molecule has 0 saturated heterocycles. The molecule has 1 N–H and O–H groups in total. The van der Waals surface area contributed by atoms with Crippen LogP contribution in [0.2, 0.25) is 0 Å². The van der Waals surface area contributed by atoms with Gasteiger partial charge in [0.2, 0.25) is 0 Å². The zero-order chi connectivity index (χ0) is 13.0. The van der Waals surface area contributed by atoms with Crippen LogP contribution in [0.5, 0.6) is 0 Å². The highest BCUT2D eigenvalue weighted by Crippen LogP contribution is 2.12. The molecule has 1 aromatic heterocycles. The molecule has 2 aromatic rings. The van der Waals surface area contributed by atoms with Crippen LogP contribution in [0, 0.1) is 0 Å². The molecule has 0 aliphatic carbocycles. The van der Waals surface area contributed by atoms with Gasteiger partial charge in [-0.05, 0) is 31.0 Å². The number of oxazole rings is 1. The Bertz CT molecular complexity index is 610. The Hall–Kier alpha value is -2.04. The second-order valence-corrected chi connectivity index (χ2v) is 4.11. The summed E-state index contributed by atoms with van der Waals surface area (Å²) in [7, 11) is 0. The molecule has 0 fully saturated rings. The first-order chi connectivity index (χ1) is 8.69. The first-order valence-electron chi connectivity index (χ1n) is 5.96. The SMILES string of the molecule is CC1=NOCC1.CCc1ccc2oc(=O)[nH]c2c1. The lowest BCUT2D eigenvalue weighted by Gasteiger charge is -1.92. The number of nitrogens with one attached hydrogen (secondary N) is 1. The van der Waals surface area contributed by atoms with E-state index in [0.29, 0.717) is 5.58 Å². The van der Waals surface area contributed by atoms with E-state index in [1.54, 1.807) is 0 Å². The van der Waals surface area contributed by atoms with Crippen LogP contribution in [0.15, 0.2) is 32.6 Å². The molecule has 3 rings (SSSR count).